The summed E-state index contributed by atoms with van der Waals surface area (Å²) in [4.78, 5) is 27.8. The molecule has 0 saturated carbocycles. The summed E-state index contributed by atoms with van der Waals surface area (Å²) >= 11 is 11.8. The third-order valence-electron chi connectivity index (χ3n) is 3.79. The van der Waals surface area contributed by atoms with Gasteiger partial charge in [0.1, 0.15) is 5.75 Å². The molecule has 0 bridgehead atoms. The number of nitrogens with one attached hydrogen (secondary N) is 2. The van der Waals surface area contributed by atoms with Gasteiger partial charge in [-0.3, -0.25) is 9.59 Å². The largest absolute Gasteiger partial charge is 0.494 e. The lowest BCUT2D eigenvalue weighted by atomic mass is 10.3. The molecule has 0 spiro atoms. The number of nitrogens with zero attached hydrogens (tertiary/aromatic N) is 1. The molecule has 9 nitrogen and oxygen atoms in total. The maximum atomic E-state index is 12.2. The minimum Gasteiger partial charge on any atom is -0.494 e. The van der Waals surface area contributed by atoms with E-state index in [2.05, 4.69) is 15.0 Å². The number of amides is 1. The van der Waals surface area contributed by atoms with Gasteiger partial charge in [-0.25, -0.2) is 18.1 Å². The van der Waals surface area contributed by atoms with E-state index >= 15 is 0 Å². The maximum absolute atomic E-state index is 12.2. The summed E-state index contributed by atoms with van der Waals surface area (Å²) in [5.41, 5.74) is 0.471. The standard InChI is InChI=1S/C19H21Cl2N3O6S/c1-3-29-13-4-6-14(7-5-13)31(27,28)22-9-8-18(26)30-11-17(25)24-19-16(21)10-15(20)12(2)23-19/h4-7,10,22H,3,8-9,11H2,1-2H3,(H,23,24,25). The summed E-state index contributed by atoms with van der Waals surface area (Å²) in [5.74, 6) is -0.767. The number of pyridine rings is 1. The normalized spacial score (nSPS) is 11.1. The molecule has 0 saturated heterocycles. The Balaban J connectivity index is 1.77. The van der Waals surface area contributed by atoms with Crippen LogP contribution >= 0.6 is 23.2 Å². The average Bonchev–Trinajstić information content (AvgIpc) is 2.71. The Hall–Kier alpha value is -2.40. The minimum atomic E-state index is -3.80. The highest BCUT2D eigenvalue weighted by Crippen LogP contribution is 2.25. The molecular weight excluding hydrogens is 469 g/mol. The van der Waals surface area contributed by atoms with Crippen LogP contribution in [0.3, 0.4) is 0 Å². The molecule has 0 aliphatic carbocycles. The summed E-state index contributed by atoms with van der Waals surface area (Å²) in [7, 11) is -3.80. The highest BCUT2D eigenvalue weighted by Gasteiger charge is 2.16. The van der Waals surface area contributed by atoms with Gasteiger partial charge >= 0.3 is 5.97 Å². The van der Waals surface area contributed by atoms with Crippen molar-refractivity contribution in [2.45, 2.75) is 25.2 Å². The number of hydrogen-bond acceptors (Lipinski definition) is 7. The van der Waals surface area contributed by atoms with Crippen LogP contribution in [-0.4, -0.2) is 45.0 Å². The molecule has 0 aliphatic rings. The number of benzene rings is 1. The molecule has 0 unspecified atom stereocenters. The van der Waals surface area contributed by atoms with Crippen LogP contribution < -0.4 is 14.8 Å². The molecule has 0 atom stereocenters. The average molecular weight is 490 g/mol. The number of ether oxygens (including phenoxy) is 2. The zero-order valence-electron chi connectivity index (χ0n) is 16.8. The van der Waals surface area contributed by atoms with E-state index in [1.54, 1.807) is 6.92 Å². The molecule has 31 heavy (non-hydrogen) atoms. The molecular formula is C19H21Cl2N3O6S. The monoisotopic (exact) mass is 489 g/mol. The van der Waals surface area contributed by atoms with E-state index in [4.69, 9.17) is 32.7 Å². The van der Waals surface area contributed by atoms with Crippen molar-refractivity contribution in [1.82, 2.24) is 9.71 Å². The Morgan fingerprint density at radius 1 is 1.13 bits per heavy atom. The third kappa shape index (κ3) is 7.66. The summed E-state index contributed by atoms with van der Waals surface area (Å²) in [6.07, 6.45) is -0.261. The third-order valence-corrected chi connectivity index (χ3v) is 5.94. The zero-order valence-corrected chi connectivity index (χ0v) is 19.1. The number of halogens is 2. The number of anilines is 1. The van der Waals surface area contributed by atoms with Gasteiger partial charge in [-0.1, -0.05) is 23.2 Å². The van der Waals surface area contributed by atoms with Gasteiger partial charge in [0, 0.05) is 6.54 Å². The first kappa shape index (κ1) is 24.9. The number of esters is 1. The Morgan fingerprint density at radius 3 is 2.45 bits per heavy atom. The Labute approximate surface area is 190 Å². The van der Waals surface area contributed by atoms with Crippen LogP contribution in [0.5, 0.6) is 5.75 Å². The van der Waals surface area contributed by atoms with Crippen molar-refractivity contribution in [3.8, 4) is 5.75 Å². The van der Waals surface area contributed by atoms with Crippen molar-refractivity contribution < 1.29 is 27.5 Å². The van der Waals surface area contributed by atoms with E-state index in [-0.39, 0.29) is 28.7 Å². The Bertz CT molecular complexity index is 1050. The second-order valence-electron chi connectivity index (χ2n) is 6.15. The van der Waals surface area contributed by atoms with Crippen LogP contribution in [0.4, 0.5) is 5.82 Å². The fraction of sp³-hybridized carbons (Fsp3) is 0.316. The van der Waals surface area contributed by atoms with Crippen molar-refractivity contribution in [2.24, 2.45) is 0 Å². The summed E-state index contributed by atoms with van der Waals surface area (Å²) in [6.45, 7) is 3.15. The molecule has 0 radical (unpaired) electrons. The fourth-order valence-corrected chi connectivity index (χ4v) is 3.72. The van der Waals surface area contributed by atoms with Crippen molar-refractivity contribution >= 4 is 50.9 Å². The van der Waals surface area contributed by atoms with Gasteiger partial charge in [0.15, 0.2) is 12.4 Å². The number of hydrogen-bond donors (Lipinski definition) is 2. The first-order chi connectivity index (χ1) is 14.6. The van der Waals surface area contributed by atoms with E-state index in [0.29, 0.717) is 23.1 Å². The molecule has 2 N–H and O–H groups in total. The molecule has 2 rings (SSSR count). The van der Waals surface area contributed by atoms with Crippen LogP contribution in [0.15, 0.2) is 35.2 Å². The predicted molar refractivity (Wildman–Crippen MR) is 116 cm³/mol. The highest BCUT2D eigenvalue weighted by atomic mass is 35.5. The van der Waals surface area contributed by atoms with Crippen molar-refractivity contribution in [1.29, 1.82) is 0 Å². The second kappa shape index (κ2) is 11.3. The fourth-order valence-electron chi connectivity index (χ4n) is 2.29. The van der Waals surface area contributed by atoms with E-state index in [9.17, 15) is 18.0 Å². The number of carbonyl (C=O) groups excluding carboxylic acids is 2. The van der Waals surface area contributed by atoms with E-state index < -0.39 is 28.5 Å². The number of aromatic nitrogens is 1. The smallest absolute Gasteiger partial charge is 0.307 e. The zero-order chi connectivity index (χ0) is 23.0. The lowest BCUT2D eigenvalue weighted by Gasteiger charge is -2.10. The van der Waals surface area contributed by atoms with Gasteiger partial charge < -0.3 is 14.8 Å². The van der Waals surface area contributed by atoms with Crippen molar-refractivity contribution in [3.05, 3.63) is 46.1 Å². The first-order valence-corrected chi connectivity index (χ1v) is 11.4. The maximum Gasteiger partial charge on any atom is 0.307 e. The highest BCUT2D eigenvalue weighted by molar-refractivity contribution is 7.89. The lowest BCUT2D eigenvalue weighted by Crippen LogP contribution is -2.28. The van der Waals surface area contributed by atoms with Crippen LogP contribution in [0.1, 0.15) is 19.0 Å². The molecule has 1 amide bonds. The number of sulfonamides is 1. The molecule has 1 aromatic heterocycles. The number of carbonyl (C=O) groups is 2. The predicted octanol–water partition coefficient (Wildman–Crippen LogP) is 2.95. The van der Waals surface area contributed by atoms with Crippen LogP contribution in [0.25, 0.3) is 0 Å². The van der Waals surface area contributed by atoms with E-state index in [1.807, 2.05) is 6.92 Å². The first-order valence-electron chi connectivity index (χ1n) is 9.13. The number of rotatable bonds is 10. The summed E-state index contributed by atoms with van der Waals surface area (Å²) in [5, 5.41) is 2.90. The molecule has 2 aromatic rings. The van der Waals surface area contributed by atoms with Crippen LogP contribution in [-0.2, 0) is 24.3 Å². The minimum absolute atomic E-state index is 0.0336. The lowest BCUT2D eigenvalue weighted by molar-refractivity contribution is -0.147. The molecule has 0 aliphatic heterocycles. The van der Waals surface area contributed by atoms with Gasteiger partial charge in [-0.2, -0.15) is 0 Å². The van der Waals surface area contributed by atoms with Crippen LogP contribution in [0.2, 0.25) is 10.0 Å². The van der Waals surface area contributed by atoms with Crippen molar-refractivity contribution in [3.63, 3.8) is 0 Å². The molecule has 1 heterocycles. The van der Waals surface area contributed by atoms with Gasteiger partial charge in [-0.05, 0) is 44.2 Å². The molecule has 0 fully saturated rings. The second-order valence-corrected chi connectivity index (χ2v) is 8.73. The van der Waals surface area contributed by atoms with Crippen molar-refractivity contribution in [2.75, 3.05) is 25.1 Å². The van der Waals surface area contributed by atoms with Gasteiger partial charge in [0.25, 0.3) is 5.91 Å². The number of aryl methyl sites for hydroxylation is 1. The van der Waals surface area contributed by atoms with E-state index in [0.717, 1.165) is 0 Å². The molecule has 168 valence electrons. The topological polar surface area (TPSA) is 124 Å². The summed E-state index contributed by atoms with van der Waals surface area (Å²) < 4.78 is 36.9. The summed E-state index contributed by atoms with van der Waals surface area (Å²) in [6, 6.07) is 7.30. The van der Waals surface area contributed by atoms with E-state index in [1.165, 1.54) is 30.3 Å². The van der Waals surface area contributed by atoms with Crippen LogP contribution in [0, 0.1) is 6.92 Å². The Morgan fingerprint density at radius 2 is 1.81 bits per heavy atom. The molecule has 12 heteroatoms. The SMILES string of the molecule is CCOc1ccc(S(=O)(=O)NCCC(=O)OCC(=O)Nc2nc(C)c(Cl)cc2Cl)cc1. The quantitative estimate of drug-likeness (QED) is 0.491. The van der Waals surface area contributed by atoms with Gasteiger partial charge in [0.05, 0.1) is 33.7 Å². The van der Waals surface area contributed by atoms with Gasteiger partial charge in [-0.15, -0.1) is 0 Å². The molecule has 1 aromatic carbocycles. The van der Waals surface area contributed by atoms with Gasteiger partial charge in [0.2, 0.25) is 10.0 Å². The Kier molecular flexibility index (Phi) is 9.05.